The molecule has 0 radical (unpaired) electrons. The van der Waals surface area contributed by atoms with Gasteiger partial charge in [0.05, 0.1) is 35.3 Å². The van der Waals surface area contributed by atoms with Crippen LogP contribution in [-0.4, -0.2) is 86.5 Å². The van der Waals surface area contributed by atoms with E-state index in [0.717, 1.165) is 58.0 Å². The zero-order valence-electron chi connectivity index (χ0n) is 41.8. The van der Waals surface area contributed by atoms with E-state index >= 15 is 0 Å². The summed E-state index contributed by atoms with van der Waals surface area (Å²) >= 11 is 0. The normalized spacial score (nSPS) is 13.2. The van der Waals surface area contributed by atoms with E-state index < -0.39 is 57.5 Å². The predicted molar refractivity (Wildman–Crippen MR) is 275 cm³/mol. The molecule has 6 N–H and O–H groups in total. The topological polar surface area (TPSA) is 216 Å². The van der Waals surface area contributed by atoms with Crippen LogP contribution in [0.1, 0.15) is 83.5 Å². The van der Waals surface area contributed by atoms with Gasteiger partial charge >= 0.3 is 12.1 Å². The molecule has 0 fully saturated rings. The van der Waals surface area contributed by atoms with E-state index in [2.05, 4.69) is 46.9 Å². The highest BCUT2D eigenvalue weighted by Gasteiger charge is 2.36. The summed E-state index contributed by atoms with van der Waals surface area (Å²) in [5.41, 5.74) is 4.08. The molecule has 74 heavy (non-hydrogen) atoms. The molecule has 1 unspecified atom stereocenters. The smallest absolute Gasteiger partial charge is 0.328 e. The van der Waals surface area contributed by atoms with Crippen LogP contribution in [0.2, 0.25) is 0 Å². The zero-order valence-corrected chi connectivity index (χ0v) is 42.6. The molecule has 0 saturated heterocycles. The molecule has 0 aliphatic carbocycles. The summed E-state index contributed by atoms with van der Waals surface area (Å²) in [4.78, 5) is 70.8. The molecule has 4 aromatic carbocycles. The number of benzene rings is 4. The summed E-state index contributed by atoms with van der Waals surface area (Å²) in [6.07, 6.45) is 2.94. The summed E-state index contributed by atoms with van der Waals surface area (Å²) in [6, 6.07) is 15.8. The van der Waals surface area contributed by atoms with Gasteiger partial charge in [0.2, 0.25) is 11.1 Å². The second-order valence-corrected chi connectivity index (χ2v) is 18.8. The summed E-state index contributed by atoms with van der Waals surface area (Å²) in [6.45, 7) is 13.8. The number of para-hydroxylation sites is 2. The Kier molecular flexibility index (Phi) is 17.3. The van der Waals surface area contributed by atoms with Gasteiger partial charge in [0.15, 0.2) is 11.6 Å². The van der Waals surface area contributed by atoms with E-state index in [0.29, 0.717) is 70.9 Å². The Labute approximate surface area is 427 Å². The number of urea groups is 2. The number of amides is 6. The highest BCUT2D eigenvalue weighted by atomic mass is 32.2. The number of aryl methyl sites for hydroxylation is 2. The van der Waals surface area contributed by atoms with Crippen LogP contribution < -0.4 is 41.7 Å². The molecule has 6 amide bonds. The first-order valence-electron chi connectivity index (χ1n) is 23.9. The molecule has 2 aliphatic rings. The lowest BCUT2D eigenvalue weighted by Gasteiger charge is -2.31. The number of halogens is 4. The monoisotopic (exact) mass is 1040 g/mol. The minimum atomic E-state index is -1.68. The first-order chi connectivity index (χ1) is 35.4. The van der Waals surface area contributed by atoms with Crippen molar-refractivity contribution in [1.29, 1.82) is 0 Å². The molecule has 0 spiro atoms. The largest absolute Gasteiger partial charge is 0.353 e. The standard InChI is InChI=1S/C28H33F2N7O2.C24H23F2N5O3S/c1-5-11-32-26(38)18-10-9-17(4)19(14-18)23-20-15-34-28(39)37(24-21(29)7-6-8-22(24)30)25(20)36-27(35-23)33-13-12-31-16(2)3;1-4-10-27-22(32)14-9-8-13(2)15(11-14)19-16-12-28-24(33)31(20-17(25)6-5-7-18(20)26)21(16)30-23(29-19)35(3)34/h6-10,14,16,31H,5,11-13,15H2,1-4H3,(H,32,38)(H,34,39)(H,33,35,36);5-9,11H,4,10,12H2,1-3H3,(H,27,32)(H,28,33). The zero-order chi connectivity index (χ0) is 53.4. The molecule has 388 valence electrons. The van der Waals surface area contributed by atoms with Crippen LogP contribution in [0.5, 0.6) is 0 Å². The first-order valence-corrected chi connectivity index (χ1v) is 25.4. The molecule has 22 heteroatoms. The van der Waals surface area contributed by atoms with E-state index in [4.69, 9.17) is 4.98 Å². The van der Waals surface area contributed by atoms with Crippen LogP contribution in [0, 0.1) is 37.1 Å². The number of hydrogen-bond donors (Lipinski definition) is 6. The van der Waals surface area contributed by atoms with E-state index in [1.165, 1.54) is 18.4 Å². The van der Waals surface area contributed by atoms with Gasteiger partial charge in [-0.3, -0.25) is 13.8 Å². The lowest BCUT2D eigenvalue weighted by atomic mass is 9.97. The SMILES string of the molecule is CCCNC(=O)c1ccc(C)c(-c2nc(NCCNC(C)C)nc3c2CNC(=O)N3c2c(F)cccc2F)c1.CCCNC(=O)c1ccc(C)c(-c2nc(S(C)=O)nc3c2CNC(=O)N3c2c(F)cccc2F)c1. The minimum absolute atomic E-state index is 0.0294. The van der Waals surface area contributed by atoms with Crippen LogP contribution in [0.4, 0.5) is 56.1 Å². The van der Waals surface area contributed by atoms with Crippen molar-refractivity contribution < 1.29 is 40.9 Å². The fraction of sp³-hybridized carbons (Fsp3) is 0.308. The van der Waals surface area contributed by atoms with Gasteiger partial charge < -0.3 is 31.9 Å². The lowest BCUT2D eigenvalue weighted by Crippen LogP contribution is -2.43. The van der Waals surface area contributed by atoms with Crippen molar-refractivity contribution in [2.75, 3.05) is 47.6 Å². The molecule has 0 bridgehead atoms. The number of hydrogen-bond acceptors (Lipinski definition) is 11. The van der Waals surface area contributed by atoms with E-state index in [-0.39, 0.29) is 53.7 Å². The number of nitrogens with one attached hydrogen (secondary N) is 6. The minimum Gasteiger partial charge on any atom is -0.353 e. The maximum atomic E-state index is 14.9. The van der Waals surface area contributed by atoms with Gasteiger partial charge in [-0.1, -0.05) is 52.0 Å². The van der Waals surface area contributed by atoms with E-state index in [9.17, 15) is 40.9 Å². The molecule has 2 aliphatic heterocycles. The second kappa shape index (κ2) is 23.8. The second-order valence-electron chi connectivity index (χ2n) is 17.5. The molecule has 4 heterocycles. The maximum absolute atomic E-state index is 14.9. The Morgan fingerprint density at radius 1 is 0.649 bits per heavy atom. The van der Waals surface area contributed by atoms with Crippen LogP contribution >= 0.6 is 0 Å². The third kappa shape index (κ3) is 11.8. The summed E-state index contributed by atoms with van der Waals surface area (Å²) in [5.74, 6) is -4.04. The maximum Gasteiger partial charge on any atom is 0.328 e. The van der Waals surface area contributed by atoms with Crippen molar-refractivity contribution >= 4 is 63.6 Å². The average molecular weight is 1040 g/mol. The van der Waals surface area contributed by atoms with Gasteiger partial charge in [0.1, 0.15) is 34.6 Å². The van der Waals surface area contributed by atoms with Gasteiger partial charge in [-0.2, -0.15) is 4.98 Å². The predicted octanol–water partition coefficient (Wildman–Crippen LogP) is 8.61. The molecular formula is C52H56F4N12O5S. The van der Waals surface area contributed by atoms with Gasteiger partial charge in [-0.05, 0) is 86.3 Å². The molecule has 0 saturated carbocycles. The number of carbonyl (C=O) groups is 4. The fourth-order valence-corrected chi connectivity index (χ4v) is 8.46. The van der Waals surface area contributed by atoms with Crippen molar-refractivity contribution in [1.82, 2.24) is 46.5 Å². The Bertz CT molecular complexity index is 3120. The summed E-state index contributed by atoms with van der Waals surface area (Å²) in [7, 11) is -1.68. The number of carbonyl (C=O) groups excluding carboxylic acids is 4. The number of anilines is 5. The van der Waals surface area contributed by atoms with Crippen LogP contribution in [-0.2, 0) is 23.9 Å². The number of aromatic nitrogens is 4. The Morgan fingerprint density at radius 2 is 1.09 bits per heavy atom. The third-order valence-corrected chi connectivity index (χ3v) is 12.4. The average Bonchev–Trinajstić information content (AvgIpc) is 3.37. The quantitative estimate of drug-likeness (QED) is 0.0307. The third-order valence-electron chi connectivity index (χ3n) is 11.7. The van der Waals surface area contributed by atoms with Crippen molar-refractivity contribution in [3.63, 3.8) is 0 Å². The van der Waals surface area contributed by atoms with Crippen molar-refractivity contribution in [3.05, 3.63) is 129 Å². The van der Waals surface area contributed by atoms with Crippen molar-refractivity contribution in [3.8, 4) is 22.5 Å². The van der Waals surface area contributed by atoms with Crippen molar-refractivity contribution in [2.24, 2.45) is 0 Å². The molecule has 2 aromatic heterocycles. The number of nitrogens with zero attached hydrogens (tertiary/aromatic N) is 6. The fourth-order valence-electron chi connectivity index (χ4n) is 8.02. The van der Waals surface area contributed by atoms with Crippen LogP contribution in [0.3, 0.4) is 0 Å². The van der Waals surface area contributed by atoms with Crippen LogP contribution in [0.25, 0.3) is 22.5 Å². The Morgan fingerprint density at radius 3 is 1.53 bits per heavy atom. The Hall–Kier alpha value is -7.85. The summed E-state index contributed by atoms with van der Waals surface area (Å²) < 4.78 is 71.5. The number of rotatable bonds is 16. The molecule has 6 aromatic rings. The lowest BCUT2D eigenvalue weighted by molar-refractivity contribution is 0.0945. The van der Waals surface area contributed by atoms with Gasteiger partial charge in [-0.25, -0.2) is 51.9 Å². The molecular weight excluding hydrogens is 981 g/mol. The van der Waals surface area contributed by atoms with E-state index in [1.807, 2.05) is 47.6 Å². The highest BCUT2D eigenvalue weighted by molar-refractivity contribution is 7.84. The number of fused-ring (bicyclic) bond motifs is 2. The molecule has 17 nitrogen and oxygen atoms in total. The van der Waals surface area contributed by atoms with E-state index in [1.54, 1.807) is 30.3 Å². The Balaban J connectivity index is 0.000000217. The summed E-state index contributed by atoms with van der Waals surface area (Å²) in [5, 5.41) is 17.3. The van der Waals surface area contributed by atoms with Crippen molar-refractivity contribution in [2.45, 2.75) is 78.7 Å². The molecule has 8 rings (SSSR count). The first kappa shape index (κ1) is 53.9. The van der Waals surface area contributed by atoms with Gasteiger partial charge in [-0.15, -0.1) is 0 Å². The van der Waals surface area contributed by atoms with Crippen LogP contribution in [0.15, 0.2) is 78.0 Å². The molecule has 1 atom stereocenters. The van der Waals surface area contributed by atoms with Gasteiger partial charge in [0, 0.05) is 71.9 Å². The highest BCUT2D eigenvalue weighted by Crippen LogP contribution is 2.41. The van der Waals surface area contributed by atoms with Gasteiger partial charge in [0.25, 0.3) is 11.8 Å².